The molecule has 0 fully saturated rings. The number of hydrogen-bond donors (Lipinski definition) is 1. The number of methoxy groups -OCH3 is 1. The van der Waals surface area contributed by atoms with Gasteiger partial charge in [0.1, 0.15) is 5.75 Å². The molecule has 0 unspecified atom stereocenters. The van der Waals surface area contributed by atoms with Crippen molar-refractivity contribution in [3.05, 3.63) is 60.2 Å². The third kappa shape index (κ3) is 3.45. The van der Waals surface area contributed by atoms with E-state index in [2.05, 4.69) is 0 Å². The fourth-order valence-electron chi connectivity index (χ4n) is 1.78. The molecule has 2 N–H and O–H groups in total. The first-order valence-corrected chi connectivity index (χ1v) is 5.91. The number of ether oxygens (including phenoxy) is 1. The van der Waals surface area contributed by atoms with E-state index in [-0.39, 0.29) is 0 Å². The predicted octanol–water partition coefficient (Wildman–Crippen LogP) is 2.86. The van der Waals surface area contributed by atoms with E-state index in [1.54, 1.807) is 13.2 Å². The zero-order chi connectivity index (χ0) is 13.7. The van der Waals surface area contributed by atoms with Gasteiger partial charge >= 0.3 is 0 Å². The van der Waals surface area contributed by atoms with Crippen LogP contribution in [-0.4, -0.2) is 13.0 Å². The molecular weight excluding hydrogens is 238 g/mol. The molecule has 3 nitrogen and oxygen atoms in total. The van der Waals surface area contributed by atoms with E-state index < -0.39 is 5.91 Å². The molecular formula is C16H15NO2. The van der Waals surface area contributed by atoms with Crippen molar-refractivity contribution < 1.29 is 9.53 Å². The molecule has 0 atom stereocenters. The fourth-order valence-corrected chi connectivity index (χ4v) is 1.78. The molecule has 2 rings (SSSR count). The van der Waals surface area contributed by atoms with Crippen LogP contribution in [0.4, 0.5) is 0 Å². The van der Waals surface area contributed by atoms with Gasteiger partial charge in [-0.1, -0.05) is 30.3 Å². The van der Waals surface area contributed by atoms with Gasteiger partial charge in [-0.25, -0.2) is 0 Å². The summed E-state index contributed by atoms with van der Waals surface area (Å²) in [4.78, 5) is 10.7. The van der Waals surface area contributed by atoms with Gasteiger partial charge in [-0.3, -0.25) is 4.79 Å². The first kappa shape index (κ1) is 12.9. The van der Waals surface area contributed by atoms with Crippen molar-refractivity contribution in [1.29, 1.82) is 0 Å². The fraction of sp³-hybridized carbons (Fsp3) is 0.0625. The Morgan fingerprint density at radius 1 is 1.11 bits per heavy atom. The molecule has 2 aromatic rings. The summed E-state index contributed by atoms with van der Waals surface area (Å²) >= 11 is 0. The molecule has 0 heterocycles. The van der Waals surface area contributed by atoms with Crippen LogP contribution in [0.3, 0.4) is 0 Å². The summed E-state index contributed by atoms with van der Waals surface area (Å²) in [5.74, 6) is 0.378. The summed E-state index contributed by atoms with van der Waals surface area (Å²) in [6.07, 6.45) is 3.06. The molecule has 2 aromatic carbocycles. The van der Waals surface area contributed by atoms with E-state index in [1.807, 2.05) is 48.5 Å². The minimum Gasteiger partial charge on any atom is -0.497 e. The number of amides is 1. The molecule has 0 radical (unpaired) electrons. The lowest BCUT2D eigenvalue weighted by atomic mass is 10.0. The van der Waals surface area contributed by atoms with Crippen LogP contribution in [0.1, 0.15) is 5.56 Å². The zero-order valence-electron chi connectivity index (χ0n) is 10.7. The largest absolute Gasteiger partial charge is 0.497 e. The lowest BCUT2D eigenvalue weighted by Crippen LogP contribution is -2.05. The highest BCUT2D eigenvalue weighted by Gasteiger charge is 1.99. The number of primary amides is 1. The van der Waals surface area contributed by atoms with Crippen LogP contribution >= 0.6 is 0 Å². The molecule has 0 bridgehead atoms. The number of carbonyl (C=O) groups is 1. The summed E-state index contributed by atoms with van der Waals surface area (Å²) in [6.45, 7) is 0. The molecule has 0 aliphatic rings. The molecule has 1 amide bonds. The van der Waals surface area contributed by atoms with Crippen molar-refractivity contribution in [3.63, 3.8) is 0 Å². The van der Waals surface area contributed by atoms with Crippen molar-refractivity contribution in [1.82, 2.24) is 0 Å². The summed E-state index contributed by atoms with van der Waals surface area (Å²) in [6, 6.07) is 15.7. The zero-order valence-corrected chi connectivity index (χ0v) is 10.7. The maximum Gasteiger partial charge on any atom is 0.241 e. The Balaban J connectivity index is 2.29. The van der Waals surface area contributed by atoms with Crippen molar-refractivity contribution in [2.24, 2.45) is 5.73 Å². The van der Waals surface area contributed by atoms with Gasteiger partial charge in [0.25, 0.3) is 0 Å². The second-order valence-electron chi connectivity index (χ2n) is 4.09. The summed E-state index contributed by atoms with van der Waals surface area (Å²) < 4.78 is 5.13. The van der Waals surface area contributed by atoms with Gasteiger partial charge in [-0.2, -0.15) is 0 Å². The van der Waals surface area contributed by atoms with Crippen molar-refractivity contribution in [3.8, 4) is 16.9 Å². The van der Waals surface area contributed by atoms with Crippen molar-refractivity contribution >= 4 is 12.0 Å². The normalized spacial score (nSPS) is 10.6. The van der Waals surface area contributed by atoms with E-state index in [1.165, 1.54) is 6.08 Å². The van der Waals surface area contributed by atoms with Crippen LogP contribution in [0.15, 0.2) is 54.6 Å². The number of hydrogen-bond acceptors (Lipinski definition) is 2. The Labute approximate surface area is 112 Å². The lowest BCUT2D eigenvalue weighted by Gasteiger charge is -2.04. The molecule has 0 aliphatic heterocycles. The molecule has 0 saturated carbocycles. The SMILES string of the molecule is COc1ccc(-c2cccc(/C=C/C(N)=O)c2)cc1. The summed E-state index contributed by atoms with van der Waals surface area (Å²) in [7, 11) is 1.64. The highest BCUT2D eigenvalue weighted by atomic mass is 16.5. The van der Waals surface area contributed by atoms with E-state index in [0.29, 0.717) is 0 Å². The second kappa shape index (κ2) is 5.87. The average Bonchev–Trinajstić information content (AvgIpc) is 2.45. The van der Waals surface area contributed by atoms with Gasteiger partial charge < -0.3 is 10.5 Å². The van der Waals surface area contributed by atoms with Crippen molar-refractivity contribution in [2.75, 3.05) is 7.11 Å². The average molecular weight is 253 g/mol. The van der Waals surface area contributed by atoms with Gasteiger partial charge in [0, 0.05) is 6.08 Å². The van der Waals surface area contributed by atoms with E-state index in [9.17, 15) is 4.79 Å². The highest BCUT2D eigenvalue weighted by Crippen LogP contribution is 2.23. The van der Waals surface area contributed by atoms with Crippen LogP contribution in [0.5, 0.6) is 5.75 Å². The Hall–Kier alpha value is -2.55. The Bertz CT molecular complexity index is 600. The van der Waals surface area contributed by atoms with E-state index in [0.717, 1.165) is 22.4 Å². The maximum atomic E-state index is 10.7. The molecule has 0 saturated heterocycles. The topological polar surface area (TPSA) is 52.3 Å². The molecule has 19 heavy (non-hydrogen) atoms. The van der Waals surface area contributed by atoms with Gasteiger partial charge in [0.15, 0.2) is 0 Å². The minimum atomic E-state index is -0.449. The predicted molar refractivity (Wildman–Crippen MR) is 76.7 cm³/mol. The quantitative estimate of drug-likeness (QED) is 0.852. The standard InChI is InChI=1S/C16H15NO2/c1-19-15-8-6-13(7-9-15)14-4-2-3-12(11-14)5-10-16(17)18/h2-11H,1H3,(H2,17,18)/b10-5+. The number of nitrogens with two attached hydrogens (primary N) is 1. The van der Waals surface area contributed by atoms with Gasteiger partial charge in [0.05, 0.1) is 7.11 Å². The highest BCUT2D eigenvalue weighted by molar-refractivity contribution is 5.90. The van der Waals surface area contributed by atoms with Gasteiger partial charge in [0.2, 0.25) is 5.91 Å². The van der Waals surface area contributed by atoms with E-state index >= 15 is 0 Å². The smallest absolute Gasteiger partial charge is 0.241 e. The summed E-state index contributed by atoms with van der Waals surface area (Å²) in [5.41, 5.74) is 8.19. The van der Waals surface area contributed by atoms with Crippen molar-refractivity contribution in [2.45, 2.75) is 0 Å². The second-order valence-corrected chi connectivity index (χ2v) is 4.09. The lowest BCUT2D eigenvalue weighted by molar-refractivity contribution is -0.113. The third-order valence-corrected chi connectivity index (χ3v) is 2.75. The van der Waals surface area contributed by atoms with Gasteiger partial charge in [-0.15, -0.1) is 0 Å². The van der Waals surface area contributed by atoms with Crippen LogP contribution in [0.25, 0.3) is 17.2 Å². The number of carbonyl (C=O) groups excluding carboxylic acids is 1. The number of rotatable bonds is 4. The molecule has 96 valence electrons. The van der Waals surface area contributed by atoms with E-state index in [4.69, 9.17) is 10.5 Å². The molecule has 3 heteroatoms. The monoisotopic (exact) mass is 253 g/mol. The third-order valence-electron chi connectivity index (χ3n) is 2.75. The maximum absolute atomic E-state index is 10.7. The molecule has 0 aliphatic carbocycles. The molecule has 0 aromatic heterocycles. The Morgan fingerprint density at radius 2 is 1.84 bits per heavy atom. The van der Waals surface area contributed by atoms with Crippen LogP contribution in [0.2, 0.25) is 0 Å². The van der Waals surface area contributed by atoms with Crippen LogP contribution in [0, 0.1) is 0 Å². The van der Waals surface area contributed by atoms with Crippen LogP contribution in [-0.2, 0) is 4.79 Å². The summed E-state index contributed by atoms with van der Waals surface area (Å²) in [5, 5.41) is 0. The first-order chi connectivity index (χ1) is 9.19. The first-order valence-electron chi connectivity index (χ1n) is 5.91. The minimum absolute atomic E-state index is 0.449. The molecule has 0 spiro atoms. The Kier molecular flexibility index (Phi) is 3.98. The Morgan fingerprint density at radius 3 is 2.47 bits per heavy atom. The number of benzene rings is 2. The van der Waals surface area contributed by atoms with Gasteiger partial charge in [-0.05, 0) is 41.0 Å². The van der Waals surface area contributed by atoms with Crippen LogP contribution < -0.4 is 10.5 Å².